The monoisotopic (exact) mass is 289 g/mol. The van der Waals surface area contributed by atoms with Crippen molar-refractivity contribution in [2.24, 2.45) is 5.92 Å². The molecule has 0 aliphatic heterocycles. The molecule has 2 rings (SSSR count). The number of carbonyl (C=O) groups is 1. The van der Waals surface area contributed by atoms with E-state index < -0.39 is 24.0 Å². The first-order valence-corrected chi connectivity index (χ1v) is 6.73. The molecule has 0 aromatic carbocycles. The molecule has 0 unspecified atom stereocenters. The highest BCUT2D eigenvalue weighted by molar-refractivity contribution is 5.95. The zero-order valence-corrected chi connectivity index (χ0v) is 11.5. The Morgan fingerprint density at radius 3 is 2.50 bits per heavy atom. The first-order valence-electron chi connectivity index (χ1n) is 6.73. The minimum Gasteiger partial charge on any atom is -0.466 e. The number of aryl methyl sites for hydroxylation is 2. The number of carbonyl (C=O) groups excluding carboxylic acids is 1. The van der Waals surface area contributed by atoms with E-state index in [1.54, 1.807) is 19.9 Å². The van der Waals surface area contributed by atoms with E-state index in [2.05, 4.69) is 5.32 Å². The summed E-state index contributed by atoms with van der Waals surface area (Å²) >= 11 is 0. The van der Waals surface area contributed by atoms with Crippen LogP contribution in [0.15, 0.2) is 10.5 Å². The lowest BCUT2D eigenvalue weighted by molar-refractivity contribution is -0.187. The van der Waals surface area contributed by atoms with Gasteiger partial charge in [-0.3, -0.25) is 4.79 Å². The van der Waals surface area contributed by atoms with E-state index in [9.17, 15) is 18.0 Å². The second-order valence-electron chi connectivity index (χ2n) is 5.34. The predicted molar refractivity (Wildman–Crippen MR) is 67.4 cm³/mol. The van der Waals surface area contributed by atoms with Crippen LogP contribution in [-0.4, -0.2) is 18.1 Å². The Morgan fingerprint density at radius 1 is 1.30 bits per heavy atom. The lowest BCUT2D eigenvalue weighted by Crippen LogP contribution is -2.47. The van der Waals surface area contributed by atoms with Crippen molar-refractivity contribution in [1.29, 1.82) is 0 Å². The number of hydrogen-bond acceptors (Lipinski definition) is 2. The molecule has 1 aromatic heterocycles. The van der Waals surface area contributed by atoms with Gasteiger partial charge in [-0.1, -0.05) is 12.8 Å². The molecule has 20 heavy (non-hydrogen) atoms. The molecule has 1 saturated carbocycles. The van der Waals surface area contributed by atoms with Gasteiger partial charge in [0.1, 0.15) is 11.5 Å². The fourth-order valence-corrected chi connectivity index (χ4v) is 2.80. The van der Waals surface area contributed by atoms with Gasteiger partial charge >= 0.3 is 6.18 Å². The normalized spacial score (nSPS) is 23.6. The molecule has 1 aliphatic carbocycles. The van der Waals surface area contributed by atoms with Crippen LogP contribution in [0.2, 0.25) is 0 Å². The summed E-state index contributed by atoms with van der Waals surface area (Å²) in [5.74, 6) is -0.933. The third-order valence-corrected chi connectivity index (χ3v) is 3.79. The van der Waals surface area contributed by atoms with Crippen molar-refractivity contribution in [2.45, 2.75) is 51.7 Å². The lowest BCUT2D eigenvalue weighted by Gasteiger charge is -2.33. The van der Waals surface area contributed by atoms with E-state index in [4.69, 9.17) is 4.42 Å². The molecule has 1 N–H and O–H groups in total. The van der Waals surface area contributed by atoms with E-state index >= 15 is 0 Å². The maximum absolute atomic E-state index is 13.0. The maximum atomic E-state index is 13.0. The Morgan fingerprint density at radius 2 is 1.95 bits per heavy atom. The smallest absolute Gasteiger partial charge is 0.393 e. The van der Waals surface area contributed by atoms with Gasteiger partial charge in [-0.05, 0) is 32.8 Å². The molecule has 1 amide bonds. The van der Waals surface area contributed by atoms with Crippen LogP contribution in [0.5, 0.6) is 0 Å². The van der Waals surface area contributed by atoms with Crippen molar-refractivity contribution in [3.8, 4) is 0 Å². The Bertz CT molecular complexity index is 493. The number of halogens is 3. The first-order chi connectivity index (χ1) is 9.29. The van der Waals surface area contributed by atoms with Crippen LogP contribution in [0.3, 0.4) is 0 Å². The van der Waals surface area contributed by atoms with Crippen molar-refractivity contribution in [3.63, 3.8) is 0 Å². The van der Waals surface area contributed by atoms with Gasteiger partial charge < -0.3 is 9.73 Å². The van der Waals surface area contributed by atoms with E-state index in [1.165, 1.54) is 0 Å². The van der Waals surface area contributed by atoms with Crippen molar-refractivity contribution in [1.82, 2.24) is 5.32 Å². The molecular formula is C14H18F3NO2. The van der Waals surface area contributed by atoms with Crippen molar-refractivity contribution < 1.29 is 22.4 Å². The second kappa shape index (κ2) is 5.50. The standard InChI is InChI=1S/C14H18F3NO2/c1-8-7-10(9(2)20-8)13(19)18-12-6-4-3-5-11(12)14(15,16)17/h7,11-12H,3-6H2,1-2H3,(H,18,19)/t11-,12+/m1/s1. The summed E-state index contributed by atoms with van der Waals surface area (Å²) in [6, 6.07) is 0.710. The lowest BCUT2D eigenvalue weighted by atomic mass is 9.84. The van der Waals surface area contributed by atoms with Gasteiger partial charge in [0.15, 0.2) is 0 Å². The van der Waals surface area contributed by atoms with Crippen molar-refractivity contribution in [3.05, 3.63) is 23.2 Å². The molecule has 6 heteroatoms. The van der Waals surface area contributed by atoms with Gasteiger partial charge in [-0.15, -0.1) is 0 Å². The predicted octanol–water partition coefficient (Wildman–Crippen LogP) is 3.75. The van der Waals surface area contributed by atoms with Crippen LogP contribution < -0.4 is 5.32 Å². The summed E-state index contributed by atoms with van der Waals surface area (Å²) in [5.41, 5.74) is 0.314. The van der Waals surface area contributed by atoms with Crippen LogP contribution in [0.4, 0.5) is 13.2 Å². The van der Waals surface area contributed by atoms with Gasteiger partial charge in [0.25, 0.3) is 5.91 Å². The molecule has 0 bridgehead atoms. The molecule has 1 heterocycles. The molecule has 112 valence electrons. The first kappa shape index (κ1) is 14.9. The van der Waals surface area contributed by atoms with Gasteiger partial charge in [-0.25, -0.2) is 0 Å². The summed E-state index contributed by atoms with van der Waals surface area (Å²) in [5, 5.41) is 2.53. The average Bonchev–Trinajstić information content (AvgIpc) is 2.68. The van der Waals surface area contributed by atoms with Crippen molar-refractivity contribution in [2.75, 3.05) is 0 Å². The van der Waals surface area contributed by atoms with Crippen LogP contribution in [0, 0.1) is 19.8 Å². The Balaban J connectivity index is 2.11. The molecule has 1 fully saturated rings. The topological polar surface area (TPSA) is 42.2 Å². The minimum absolute atomic E-state index is 0.0812. The number of hydrogen-bond donors (Lipinski definition) is 1. The SMILES string of the molecule is Cc1cc(C(=O)N[C@H]2CCCC[C@H]2C(F)(F)F)c(C)o1. The summed E-state index contributed by atoms with van der Waals surface area (Å²) < 4.78 is 44.1. The number of rotatable bonds is 2. The molecule has 0 spiro atoms. The highest BCUT2D eigenvalue weighted by Gasteiger charge is 2.46. The van der Waals surface area contributed by atoms with Gasteiger partial charge in [0, 0.05) is 6.04 Å². The van der Waals surface area contributed by atoms with Crippen LogP contribution >= 0.6 is 0 Å². The quantitative estimate of drug-likeness (QED) is 0.901. The molecule has 0 radical (unpaired) electrons. The zero-order valence-electron chi connectivity index (χ0n) is 11.5. The number of alkyl halides is 3. The van der Waals surface area contributed by atoms with Crippen LogP contribution in [0.1, 0.15) is 47.6 Å². The highest BCUT2D eigenvalue weighted by Crippen LogP contribution is 2.37. The second-order valence-corrected chi connectivity index (χ2v) is 5.34. The average molecular weight is 289 g/mol. The maximum Gasteiger partial charge on any atom is 0.393 e. The Hall–Kier alpha value is -1.46. The summed E-state index contributed by atoms with van der Waals surface area (Å²) in [4.78, 5) is 12.1. The van der Waals surface area contributed by atoms with E-state index in [0.717, 1.165) is 0 Å². The number of amides is 1. The number of nitrogens with one attached hydrogen (secondary N) is 1. The Kier molecular flexibility index (Phi) is 4.11. The minimum atomic E-state index is -4.26. The van der Waals surface area contributed by atoms with Gasteiger partial charge in [0.05, 0.1) is 11.5 Å². The van der Waals surface area contributed by atoms with E-state index in [-0.39, 0.29) is 6.42 Å². The van der Waals surface area contributed by atoms with Crippen molar-refractivity contribution >= 4 is 5.91 Å². The fraction of sp³-hybridized carbons (Fsp3) is 0.643. The van der Waals surface area contributed by atoms with E-state index in [1.807, 2.05) is 0 Å². The molecule has 1 aliphatic rings. The van der Waals surface area contributed by atoms with Gasteiger partial charge in [0.2, 0.25) is 0 Å². The summed E-state index contributed by atoms with van der Waals surface area (Å²) in [6.07, 6.45) is -2.55. The third-order valence-electron chi connectivity index (χ3n) is 3.79. The van der Waals surface area contributed by atoms with Crippen LogP contribution in [0.25, 0.3) is 0 Å². The zero-order chi connectivity index (χ0) is 14.9. The third kappa shape index (κ3) is 3.16. The van der Waals surface area contributed by atoms with Gasteiger partial charge in [-0.2, -0.15) is 13.2 Å². The molecule has 2 atom stereocenters. The van der Waals surface area contributed by atoms with E-state index in [0.29, 0.717) is 36.3 Å². The fourth-order valence-electron chi connectivity index (χ4n) is 2.80. The van der Waals surface area contributed by atoms with Crippen LogP contribution in [-0.2, 0) is 0 Å². The Labute approximate surface area is 115 Å². The number of furan rings is 1. The molecule has 1 aromatic rings. The summed E-state index contributed by atoms with van der Waals surface area (Å²) in [7, 11) is 0. The molecular weight excluding hydrogens is 271 g/mol. The largest absolute Gasteiger partial charge is 0.466 e. The molecule has 3 nitrogen and oxygen atoms in total. The highest BCUT2D eigenvalue weighted by atomic mass is 19.4. The summed E-state index contributed by atoms with van der Waals surface area (Å²) in [6.45, 7) is 3.33. The molecule has 0 saturated heterocycles.